The summed E-state index contributed by atoms with van der Waals surface area (Å²) in [6.45, 7) is 6.12. The van der Waals surface area contributed by atoms with Gasteiger partial charge in [0.05, 0.1) is 12.0 Å². The molecular formula is C17H24N2O2. The van der Waals surface area contributed by atoms with Gasteiger partial charge >= 0.3 is 5.97 Å². The second-order valence-corrected chi connectivity index (χ2v) is 6.10. The molecule has 4 nitrogen and oxygen atoms in total. The largest absolute Gasteiger partial charge is 0.466 e. The van der Waals surface area contributed by atoms with Gasteiger partial charge in [-0.15, -0.1) is 0 Å². The standard InChI is InChI=1S/C17H24N2O2/c1-2-21-16(20)17-8-10-18-15(17)13-19(11-9-17)12-14-6-4-3-5-7-14/h3-7,15,18H,2,8-13H2,1H3. The van der Waals surface area contributed by atoms with Crippen molar-refractivity contribution in [2.45, 2.75) is 32.4 Å². The first kappa shape index (κ1) is 14.5. The van der Waals surface area contributed by atoms with Gasteiger partial charge in [0, 0.05) is 19.1 Å². The molecule has 1 N–H and O–H groups in total. The van der Waals surface area contributed by atoms with Crippen molar-refractivity contribution >= 4 is 5.97 Å². The summed E-state index contributed by atoms with van der Waals surface area (Å²) in [6.07, 6.45) is 1.81. The smallest absolute Gasteiger partial charge is 0.313 e. The SMILES string of the molecule is CCOC(=O)C12CCNC1CN(Cc1ccccc1)CC2. The van der Waals surface area contributed by atoms with Gasteiger partial charge in [-0.05, 0) is 38.4 Å². The maximum Gasteiger partial charge on any atom is 0.313 e. The molecule has 1 aromatic rings. The molecule has 0 saturated carbocycles. The van der Waals surface area contributed by atoms with Crippen LogP contribution in [0.15, 0.2) is 30.3 Å². The Hall–Kier alpha value is -1.39. The molecule has 3 rings (SSSR count). The molecule has 0 radical (unpaired) electrons. The van der Waals surface area contributed by atoms with E-state index in [1.54, 1.807) is 0 Å². The predicted molar refractivity (Wildman–Crippen MR) is 81.8 cm³/mol. The summed E-state index contributed by atoms with van der Waals surface area (Å²) >= 11 is 0. The van der Waals surface area contributed by atoms with Crippen molar-refractivity contribution in [3.8, 4) is 0 Å². The lowest BCUT2D eigenvalue weighted by Crippen LogP contribution is -2.55. The minimum Gasteiger partial charge on any atom is -0.466 e. The zero-order valence-electron chi connectivity index (χ0n) is 12.7. The van der Waals surface area contributed by atoms with E-state index in [0.717, 1.165) is 39.0 Å². The second-order valence-electron chi connectivity index (χ2n) is 6.10. The number of ether oxygens (including phenoxy) is 1. The Morgan fingerprint density at radius 1 is 1.38 bits per heavy atom. The van der Waals surface area contributed by atoms with Crippen molar-refractivity contribution in [3.63, 3.8) is 0 Å². The third-order valence-corrected chi connectivity index (χ3v) is 4.87. The highest BCUT2D eigenvalue weighted by Crippen LogP contribution is 2.40. The number of likely N-dealkylation sites (tertiary alicyclic amines) is 1. The molecule has 114 valence electrons. The number of nitrogens with zero attached hydrogens (tertiary/aromatic N) is 1. The van der Waals surface area contributed by atoms with E-state index in [1.807, 2.05) is 13.0 Å². The minimum atomic E-state index is -0.288. The van der Waals surface area contributed by atoms with E-state index >= 15 is 0 Å². The number of esters is 1. The Kier molecular flexibility index (Phi) is 4.27. The third-order valence-electron chi connectivity index (χ3n) is 4.87. The molecule has 0 amide bonds. The summed E-state index contributed by atoms with van der Waals surface area (Å²) in [7, 11) is 0. The van der Waals surface area contributed by atoms with Crippen molar-refractivity contribution < 1.29 is 9.53 Å². The van der Waals surface area contributed by atoms with Gasteiger partial charge in [-0.2, -0.15) is 0 Å². The highest BCUT2D eigenvalue weighted by molar-refractivity contribution is 5.78. The molecular weight excluding hydrogens is 264 g/mol. The van der Waals surface area contributed by atoms with Gasteiger partial charge in [-0.1, -0.05) is 30.3 Å². The van der Waals surface area contributed by atoms with Crippen molar-refractivity contribution in [1.29, 1.82) is 0 Å². The highest BCUT2D eigenvalue weighted by Gasteiger charge is 2.52. The lowest BCUT2D eigenvalue weighted by Gasteiger charge is -2.42. The zero-order chi connectivity index (χ0) is 14.7. The van der Waals surface area contributed by atoms with Gasteiger partial charge in [0.2, 0.25) is 0 Å². The van der Waals surface area contributed by atoms with E-state index < -0.39 is 0 Å². The van der Waals surface area contributed by atoms with Gasteiger partial charge in [0.15, 0.2) is 0 Å². The number of nitrogens with one attached hydrogen (secondary N) is 1. The molecule has 0 aromatic heterocycles. The van der Waals surface area contributed by atoms with Crippen LogP contribution in [0.1, 0.15) is 25.3 Å². The first-order valence-corrected chi connectivity index (χ1v) is 7.91. The maximum atomic E-state index is 12.4. The van der Waals surface area contributed by atoms with Crippen molar-refractivity contribution in [2.24, 2.45) is 5.41 Å². The van der Waals surface area contributed by atoms with Crippen LogP contribution in [-0.2, 0) is 16.1 Å². The van der Waals surface area contributed by atoms with Crippen LogP contribution in [0.4, 0.5) is 0 Å². The molecule has 0 spiro atoms. The molecule has 2 aliphatic heterocycles. The molecule has 4 heteroatoms. The predicted octanol–water partition coefficient (Wildman–Crippen LogP) is 1.80. The molecule has 21 heavy (non-hydrogen) atoms. The van der Waals surface area contributed by atoms with E-state index in [2.05, 4.69) is 34.5 Å². The molecule has 0 aliphatic carbocycles. The summed E-state index contributed by atoms with van der Waals surface area (Å²) in [5, 5.41) is 3.51. The molecule has 2 unspecified atom stereocenters. The number of rotatable bonds is 4. The van der Waals surface area contributed by atoms with Crippen LogP contribution in [0.5, 0.6) is 0 Å². The van der Waals surface area contributed by atoms with E-state index in [0.29, 0.717) is 6.61 Å². The monoisotopic (exact) mass is 288 g/mol. The Labute approximate surface area is 126 Å². The topological polar surface area (TPSA) is 41.6 Å². The normalized spacial score (nSPS) is 29.1. The second kappa shape index (κ2) is 6.16. The van der Waals surface area contributed by atoms with Crippen molar-refractivity contribution in [2.75, 3.05) is 26.2 Å². The van der Waals surface area contributed by atoms with Crippen LogP contribution >= 0.6 is 0 Å². The maximum absolute atomic E-state index is 12.4. The lowest BCUT2D eigenvalue weighted by atomic mass is 9.74. The van der Waals surface area contributed by atoms with Crippen LogP contribution in [0.25, 0.3) is 0 Å². The molecule has 2 saturated heterocycles. The first-order chi connectivity index (χ1) is 10.2. The molecule has 1 aromatic carbocycles. The average molecular weight is 288 g/mol. The number of fused-ring (bicyclic) bond motifs is 1. The Morgan fingerprint density at radius 3 is 2.95 bits per heavy atom. The molecule has 2 heterocycles. The third kappa shape index (κ3) is 2.83. The average Bonchev–Trinajstić information content (AvgIpc) is 2.93. The fourth-order valence-electron chi connectivity index (χ4n) is 3.69. The van der Waals surface area contributed by atoms with Gasteiger partial charge in [0.25, 0.3) is 0 Å². The molecule has 2 aliphatic rings. The van der Waals surface area contributed by atoms with Gasteiger partial charge in [0.1, 0.15) is 0 Å². The number of hydrogen-bond donors (Lipinski definition) is 1. The Morgan fingerprint density at radius 2 is 2.19 bits per heavy atom. The lowest BCUT2D eigenvalue weighted by molar-refractivity contribution is -0.159. The fraction of sp³-hybridized carbons (Fsp3) is 0.588. The summed E-state index contributed by atoms with van der Waals surface area (Å²) in [6, 6.07) is 10.8. The summed E-state index contributed by atoms with van der Waals surface area (Å²) in [5.41, 5.74) is 1.04. The van der Waals surface area contributed by atoms with Crippen LogP contribution in [-0.4, -0.2) is 43.2 Å². The fourth-order valence-corrected chi connectivity index (χ4v) is 3.69. The van der Waals surface area contributed by atoms with E-state index in [1.165, 1.54) is 5.56 Å². The van der Waals surface area contributed by atoms with Crippen molar-refractivity contribution in [3.05, 3.63) is 35.9 Å². The van der Waals surface area contributed by atoms with Gasteiger partial charge in [-0.3, -0.25) is 9.69 Å². The summed E-state index contributed by atoms with van der Waals surface area (Å²) < 4.78 is 5.34. The number of benzene rings is 1. The Balaban J connectivity index is 1.67. The van der Waals surface area contributed by atoms with Crippen LogP contribution in [0.3, 0.4) is 0 Å². The van der Waals surface area contributed by atoms with Crippen LogP contribution < -0.4 is 5.32 Å². The quantitative estimate of drug-likeness (QED) is 0.858. The molecule has 2 atom stereocenters. The summed E-state index contributed by atoms with van der Waals surface area (Å²) in [4.78, 5) is 14.8. The highest BCUT2D eigenvalue weighted by atomic mass is 16.5. The Bertz CT molecular complexity index is 491. The molecule has 2 fully saturated rings. The number of carbonyl (C=O) groups excluding carboxylic acids is 1. The number of hydrogen-bond acceptors (Lipinski definition) is 4. The van der Waals surface area contributed by atoms with E-state index in [9.17, 15) is 4.79 Å². The van der Waals surface area contributed by atoms with Gasteiger partial charge in [-0.25, -0.2) is 0 Å². The number of carbonyl (C=O) groups is 1. The van der Waals surface area contributed by atoms with Gasteiger partial charge < -0.3 is 10.1 Å². The first-order valence-electron chi connectivity index (χ1n) is 7.91. The zero-order valence-corrected chi connectivity index (χ0v) is 12.7. The van der Waals surface area contributed by atoms with E-state index in [4.69, 9.17) is 4.74 Å². The summed E-state index contributed by atoms with van der Waals surface area (Å²) in [5.74, 6) is -0.000592. The molecule has 0 bridgehead atoms. The van der Waals surface area contributed by atoms with Crippen LogP contribution in [0.2, 0.25) is 0 Å². The van der Waals surface area contributed by atoms with Crippen molar-refractivity contribution in [1.82, 2.24) is 10.2 Å². The van der Waals surface area contributed by atoms with Crippen LogP contribution in [0, 0.1) is 5.41 Å². The minimum absolute atomic E-state index is 0.000592. The number of piperidine rings is 1. The van der Waals surface area contributed by atoms with E-state index in [-0.39, 0.29) is 17.4 Å².